The van der Waals surface area contributed by atoms with Gasteiger partial charge in [0.25, 0.3) is 0 Å². The highest BCUT2D eigenvalue weighted by Gasteiger charge is 2.26. The summed E-state index contributed by atoms with van der Waals surface area (Å²) in [4.78, 5) is 17.4. The molecule has 0 spiro atoms. The van der Waals surface area contributed by atoms with Crippen LogP contribution in [-0.2, 0) is 17.8 Å². The van der Waals surface area contributed by atoms with Gasteiger partial charge in [-0.15, -0.1) is 0 Å². The van der Waals surface area contributed by atoms with E-state index in [0.717, 1.165) is 72.6 Å². The van der Waals surface area contributed by atoms with Crippen LogP contribution >= 0.6 is 0 Å². The number of carbonyl (C=O) groups is 1. The molecule has 1 atom stereocenters. The molecule has 0 aliphatic carbocycles. The fourth-order valence-corrected chi connectivity index (χ4v) is 5.15. The number of hydrogen-bond acceptors (Lipinski definition) is 6. The van der Waals surface area contributed by atoms with Gasteiger partial charge in [-0.25, -0.2) is 9.78 Å². The highest BCUT2D eigenvalue weighted by molar-refractivity contribution is 5.95. The van der Waals surface area contributed by atoms with E-state index in [9.17, 15) is 4.79 Å². The predicted octanol–water partition coefficient (Wildman–Crippen LogP) is 7.42. The number of aromatic nitrogens is 2. The molecule has 1 heterocycles. The summed E-state index contributed by atoms with van der Waals surface area (Å²) in [6.45, 7) is 5.91. The number of anilines is 1. The van der Waals surface area contributed by atoms with Gasteiger partial charge in [-0.1, -0.05) is 81.6 Å². The van der Waals surface area contributed by atoms with Crippen molar-refractivity contribution in [2.24, 2.45) is 0 Å². The summed E-state index contributed by atoms with van der Waals surface area (Å²) in [7, 11) is 3.05. The highest BCUT2D eigenvalue weighted by Crippen LogP contribution is 2.37. The largest absolute Gasteiger partial charge is 0.497 e. The molecule has 3 N–H and O–H groups in total. The second-order valence-electron chi connectivity index (χ2n) is 10.3. The zero-order valence-electron chi connectivity index (χ0n) is 24.7. The number of nitrogen functional groups attached to an aromatic ring is 1. The Balaban J connectivity index is 1.82. The Labute approximate surface area is 243 Å². The monoisotopic (exact) mass is 554 g/mol. The van der Waals surface area contributed by atoms with Crippen molar-refractivity contribution in [3.8, 4) is 28.4 Å². The lowest BCUT2D eigenvalue weighted by Crippen LogP contribution is -2.25. The van der Waals surface area contributed by atoms with Crippen LogP contribution in [0, 0.1) is 0 Å². The van der Waals surface area contributed by atoms with E-state index in [0.29, 0.717) is 17.8 Å². The van der Waals surface area contributed by atoms with E-state index < -0.39 is 5.97 Å². The summed E-state index contributed by atoms with van der Waals surface area (Å²) in [5.41, 5.74) is 12.3. The summed E-state index contributed by atoms with van der Waals surface area (Å²) < 4.78 is 12.9. The molecule has 216 valence electrons. The Morgan fingerprint density at radius 1 is 0.951 bits per heavy atom. The summed E-state index contributed by atoms with van der Waals surface area (Å²) in [5.74, 6) is 1.35. The Morgan fingerprint density at radius 2 is 1.71 bits per heavy atom. The first-order valence-corrected chi connectivity index (χ1v) is 14.5. The molecule has 7 heteroatoms. The van der Waals surface area contributed by atoms with Gasteiger partial charge in [0.15, 0.2) is 0 Å². The maximum Gasteiger partial charge on any atom is 0.339 e. The molecule has 0 aliphatic rings. The standard InChI is InChI=1S/C34H42N4O3/c1-5-7-17-30(36-23-24-18-19-28(29(35)21-24)34(39)41-4)32-31(26-15-12-16-27(22-26)40-3)37-33(38(32)20-8-6-2)25-13-10-9-11-14-25/h9-16,18-19,21-22,30,36H,5-8,17,20,23,35H2,1-4H3. The third kappa shape index (κ3) is 7.16. The van der Waals surface area contributed by atoms with E-state index in [4.69, 9.17) is 20.2 Å². The Bertz CT molecular complexity index is 1430. The molecule has 0 saturated carbocycles. The van der Waals surface area contributed by atoms with Gasteiger partial charge in [0, 0.05) is 35.9 Å². The third-order valence-corrected chi connectivity index (χ3v) is 7.37. The van der Waals surface area contributed by atoms with Crippen LogP contribution < -0.4 is 15.8 Å². The van der Waals surface area contributed by atoms with E-state index in [1.54, 1.807) is 13.2 Å². The number of esters is 1. The van der Waals surface area contributed by atoms with Gasteiger partial charge in [0.05, 0.1) is 31.2 Å². The maximum absolute atomic E-state index is 12.0. The lowest BCUT2D eigenvalue weighted by molar-refractivity contribution is 0.0602. The summed E-state index contributed by atoms with van der Waals surface area (Å²) in [6.07, 6.45) is 5.24. The van der Waals surface area contributed by atoms with Crippen LogP contribution in [0.3, 0.4) is 0 Å². The number of hydrogen-bond donors (Lipinski definition) is 2. The average molecular weight is 555 g/mol. The number of methoxy groups -OCH3 is 2. The van der Waals surface area contributed by atoms with Crippen LogP contribution in [0.1, 0.15) is 73.6 Å². The number of nitrogens with two attached hydrogens (primary N) is 1. The molecule has 1 unspecified atom stereocenters. The fourth-order valence-electron chi connectivity index (χ4n) is 5.15. The summed E-state index contributed by atoms with van der Waals surface area (Å²) in [5, 5.41) is 3.83. The van der Waals surface area contributed by atoms with Crippen molar-refractivity contribution in [1.29, 1.82) is 0 Å². The minimum atomic E-state index is -0.431. The molecule has 0 saturated heterocycles. The molecule has 0 radical (unpaired) electrons. The normalized spacial score (nSPS) is 11.8. The number of imidazole rings is 1. The number of nitrogens with one attached hydrogen (secondary N) is 1. The van der Waals surface area contributed by atoms with Gasteiger partial charge in [-0.2, -0.15) is 0 Å². The number of benzene rings is 3. The molecule has 7 nitrogen and oxygen atoms in total. The SMILES string of the molecule is CCCCC(NCc1ccc(C(=O)OC)c(N)c1)c1c(-c2cccc(OC)c2)nc(-c2ccccc2)n1CCCC. The van der Waals surface area contributed by atoms with Gasteiger partial charge in [-0.05, 0) is 42.7 Å². The number of rotatable bonds is 14. The van der Waals surface area contributed by atoms with Crippen molar-refractivity contribution in [2.75, 3.05) is 20.0 Å². The molecule has 0 aliphatic heterocycles. The molecule has 0 bridgehead atoms. The van der Waals surface area contributed by atoms with Crippen LogP contribution in [0.15, 0.2) is 72.8 Å². The van der Waals surface area contributed by atoms with Crippen LogP contribution in [-0.4, -0.2) is 29.7 Å². The van der Waals surface area contributed by atoms with Gasteiger partial charge >= 0.3 is 5.97 Å². The van der Waals surface area contributed by atoms with Crippen LogP contribution in [0.4, 0.5) is 5.69 Å². The molecule has 3 aromatic carbocycles. The maximum atomic E-state index is 12.0. The van der Waals surface area contributed by atoms with Gasteiger partial charge in [0.1, 0.15) is 11.6 Å². The second-order valence-corrected chi connectivity index (χ2v) is 10.3. The molecule has 4 aromatic rings. The van der Waals surface area contributed by atoms with E-state index >= 15 is 0 Å². The molecule has 0 fully saturated rings. The Kier molecular flexibility index (Phi) is 10.6. The van der Waals surface area contributed by atoms with Crippen molar-refractivity contribution >= 4 is 11.7 Å². The van der Waals surface area contributed by atoms with Gasteiger partial charge in [0.2, 0.25) is 0 Å². The highest BCUT2D eigenvalue weighted by atomic mass is 16.5. The molecular weight excluding hydrogens is 512 g/mol. The Morgan fingerprint density at radius 3 is 2.39 bits per heavy atom. The zero-order chi connectivity index (χ0) is 29.2. The van der Waals surface area contributed by atoms with Crippen LogP contribution in [0.5, 0.6) is 5.75 Å². The van der Waals surface area contributed by atoms with Gasteiger partial charge in [-0.3, -0.25) is 0 Å². The second kappa shape index (κ2) is 14.5. The number of ether oxygens (including phenoxy) is 2. The minimum Gasteiger partial charge on any atom is -0.497 e. The van der Waals surface area contributed by atoms with Crippen molar-refractivity contribution in [3.05, 3.63) is 89.6 Å². The first kappa shape index (κ1) is 29.9. The minimum absolute atomic E-state index is 0.0412. The number of nitrogens with zero attached hydrogens (tertiary/aromatic N) is 2. The molecule has 1 aromatic heterocycles. The summed E-state index contributed by atoms with van der Waals surface area (Å²) in [6, 6.07) is 24.1. The van der Waals surface area contributed by atoms with E-state index in [2.05, 4.69) is 60.1 Å². The van der Waals surface area contributed by atoms with Crippen molar-refractivity contribution in [2.45, 2.75) is 65.1 Å². The average Bonchev–Trinajstić information content (AvgIpc) is 3.39. The molecular formula is C34H42N4O3. The smallest absolute Gasteiger partial charge is 0.339 e. The fraction of sp³-hybridized carbons (Fsp3) is 0.353. The lowest BCUT2D eigenvalue weighted by Gasteiger charge is -2.23. The van der Waals surface area contributed by atoms with E-state index in [-0.39, 0.29) is 6.04 Å². The van der Waals surface area contributed by atoms with Crippen molar-refractivity contribution < 1.29 is 14.3 Å². The van der Waals surface area contributed by atoms with Crippen molar-refractivity contribution in [3.63, 3.8) is 0 Å². The summed E-state index contributed by atoms with van der Waals surface area (Å²) >= 11 is 0. The molecule has 41 heavy (non-hydrogen) atoms. The van der Waals surface area contributed by atoms with Crippen LogP contribution in [0.25, 0.3) is 22.6 Å². The first-order valence-electron chi connectivity index (χ1n) is 14.5. The number of carbonyl (C=O) groups excluding carboxylic acids is 1. The first-order chi connectivity index (χ1) is 20.0. The quantitative estimate of drug-likeness (QED) is 0.125. The topological polar surface area (TPSA) is 91.4 Å². The zero-order valence-corrected chi connectivity index (χ0v) is 24.7. The number of unbranched alkanes of at least 4 members (excludes halogenated alkanes) is 2. The molecule has 0 amide bonds. The predicted molar refractivity (Wildman–Crippen MR) is 166 cm³/mol. The van der Waals surface area contributed by atoms with E-state index in [1.807, 2.05) is 30.3 Å². The Hall–Kier alpha value is -4.10. The van der Waals surface area contributed by atoms with Crippen LogP contribution in [0.2, 0.25) is 0 Å². The molecule has 4 rings (SSSR count). The van der Waals surface area contributed by atoms with E-state index in [1.165, 1.54) is 12.8 Å². The lowest BCUT2D eigenvalue weighted by atomic mass is 10.00. The van der Waals surface area contributed by atoms with Crippen molar-refractivity contribution in [1.82, 2.24) is 14.9 Å². The van der Waals surface area contributed by atoms with Gasteiger partial charge < -0.3 is 25.1 Å². The third-order valence-electron chi connectivity index (χ3n) is 7.37.